The lowest BCUT2D eigenvalue weighted by atomic mass is 9.55. The minimum Gasteiger partial charge on any atom is -0.488 e. The fourth-order valence-electron chi connectivity index (χ4n) is 4.18. The highest BCUT2D eigenvalue weighted by Crippen LogP contribution is 2.53. The van der Waals surface area contributed by atoms with E-state index in [0.29, 0.717) is 17.6 Å². The van der Waals surface area contributed by atoms with Crippen molar-refractivity contribution in [3.8, 4) is 5.75 Å². The number of hydrogen-bond acceptors (Lipinski definition) is 2. The van der Waals surface area contributed by atoms with Gasteiger partial charge in [0.2, 0.25) is 0 Å². The van der Waals surface area contributed by atoms with Crippen LogP contribution in [0, 0.1) is 12.3 Å². The minimum absolute atomic E-state index is 0.321. The van der Waals surface area contributed by atoms with Crippen LogP contribution in [0.25, 0.3) is 0 Å². The van der Waals surface area contributed by atoms with E-state index < -0.39 is 0 Å². The van der Waals surface area contributed by atoms with Crippen molar-refractivity contribution in [3.63, 3.8) is 0 Å². The average Bonchev–Trinajstić information content (AvgIpc) is 2.50. The first kappa shape index (κ1) is 15.2. The Morgan fingerprint density at radius 3 is 2.76 bits per heavy atom. The first-order valence-corrected chi connectivity index (χ1v) is 8.70. The summed E-state index contributed by atoms with van der Waals surface area (Å²) >= 11 is 6.31. The van der Waals surface area contributed by atoms with Crippen LogP contribution in [-0.4, -0.2) is 18.7 Å². The van der Waals surface area contributed by atoms with Gasteiger partial charge in [-0.15, -0.1) is 0 Å². The summed E-state index contributed by atoms with van der Waals surface area (Å²) < 4.78 is 6.36. The lowest BCUT2D eigenvalue weighted by molar-refractivity contribution is -0.102. The van der Waals surface area contributed by atoms with Gasteiger partial charge >= 0.3 is 0 Å². The van der Waals surface area contributed by atoms with E-state index in [2.05, 4.69) is 25.2 Å². The number of rotatable bonds is 4. The predicted molar refractivity (Wildman–Crippen MR) is 88.2 cm³/mol. The van der Waals surface area contributed by atoms with Crippen molar-refractivity contribution in [3.05, 3.63) is 28.8 Å². The van der Waals surface area contributed by atoms with Crippen molar-refractivity contribution in [2.24, 2.45) is 5.41 Å². The Kier molecular flexibility index (Phi) is 4.46. The van der Waals surface area contributed by atoms with Gasteiger partial charge in [-0.2, -0.15) is 0 Å². The Morgan fingerprint density at radius 1 is 1.29 bits per heavy atom. The van der Waals surface area contributed by atoms with Crippen LogP contribution in [0.1, 0.15) is 51.0 Å². The molecular weight excluding hydrogens is 282 g/mol. The molecule has 21 heavy (non-hydrogen) atoms. The van der Waals surface area contributed by atoms with Gasteiger partial charge in [0.15, 0.2) is 0 Å². The molecule has 1 aromatic rings. The molecule has 0 saturated heterocycles. The maximum atomic E-state index is 6.36. The number of aryl methyl sites for hydroxylation is 1. The maximum Gasteiger partial charge on any atom is 0.138 e. The minimum atomic E-state index is 0.321. The predicted octanol–water partition coefficient (Wildman–Crippen LogP) is 4.73. The van der Waals surface area contributed by atoms with Crippen molar-refractivity contribution in [2.45, 2.75) is 64.5 Å². The zero-order valence-electron chi connectivity index (χ0n) is 13.1. The molecule has 2 nitrogen and oxygen atoms in total. The number of halogens is 1. The Bertz CT molecular complexity index is 496. The SMILES string of the molecule is CCNC1CC(Oc2cc(C)ccc2Cl)C12CCCCC2. The molecule has 0 bridgehead atoms. The van der Waals surface area contributed by atoms with Gasteiger partial charge in [-0.3, -0.25) is 0 Å². The summed E-state index contributed by atoms with van der Waals surface area (Å²) in [6.45, 7) is 5.33. The Labute approximate surface area is 133 Å². The molecule has 0 amide bonds. The van der Waals surface area contributed by atoms with Crippen molar-refractivity contribution in [2.75, 3.05) is 6.54 Å². The van der Waals surface area contributed by atoms with Crippen LogP contribution in [0.5, 0.6) is 5.75 Å². The van der Waals surface area contributed by atoms with Gasteiger partial charge < -0.3 is 10.1 Å². The van der Waals surface area contributed by atoms with Crippen LogP contribution in [0.4, 0.5) is 0 Å². The lowest BCUT2D eigenvalue weighted by Crippen LogP contribution is -2.65. The molecule has 2 unspecified atom stereocenters. The zero-order chi connectivity index (χ0) is 14.9. The van der Waals surface area contributed by atoms with Gasteiger partial charge in [-0.1, -0.05) is 43.9 Å². The molecule has 0 aromatic heterocycles. The third-order valence-corrected chi connectivity index (χ3v) is 5.69. The molecule has 116 valence electrons. The quantitative estimate of drug-likeness (QED) is 0.868. The fourth-order valence-corrected chi connectivity index (χ4v) is 4.34. The van der Waals surface area contributed by atoms with Crippen molar-refractivity contribution >= 4 is 11.6 Å². The highest BCUT2D eigenvalue weighted by molar-refractivity contribution is 6.32. The molecule has 2 atom stereocenters. The highest BCUT2D eigenvalue weighted by Gasteiger charge is 2.56. The van der Waals surface area contributed by atoms with Crippen molar-refractivity contribution < 1.29 is 4.74 Å². The molecule has 2 aliphatic carbocycles. The summed E-state index contributed by atoms with van der Waals surface area (Å²) in [7, 11) is 0. The van der Waals surface area contributed by atoms with E-state index in [0.717, 1.165) is 23.7 Å². The molecule has 3 heteroatoms. The van der Waals surface area contributed by atoms with Crippen molar-refractivity contribution in [1.82, 2.24) is 5.32 Å². The molecule has 2 fully saturated rings. The van der Waals surface area contributed by atoms with Crippen LogP contribution < -0.4 is 10.1 Å². The maximum absolute atomic E-state index is 6.36. The normalized spacial score (nSPS) is 27.4. The van der Waals surface area contributed by atoms with Crippen LogP contribution in [0.2, 0.25) is 5.02 Å². The molecule has 1 spiro atoms. The molecule has 0 aliphatic heterocycles. The largest absolute Gasteiger partial charge is 0.488 e. The smallest absolute Gasteiger partial charge is 0.138 e. The summed E-state index contributed by atoms with van der Waals surface area (Å²) in [4.78, 5) is 0. The lowest BCUT2D eigenvalue weighted by Gasteiger charge is -2.57. The molecule has 3 rings (SSSR count). The Balaban J connectivity index is 1.77. The fraction of sp³-hybridized carbons (Fsp3) is 0.667. The molecular formula is C18H26ClNO. The third-order valence-electron chi connectivity index (χ3n) is 5.38. The van der Waals surface area contributed by atoms with Crippen LogP contribution in [0.3, 0.4) is 0 Å². The topological polar surface area (TPSA) is 21.3 Å². The first-order valence-electron chi connectivity index (χ1n) is 8.32. The van der Waals surface area contributed by atoms with Crippen LogP contribution in [0.15, 0.2) is 18.2 Å². The van der Waals surface area contributed by atoms with E-state index in [1.807, 2.05) is 12.1 Å². The number of nitrogens with one attached hydrogen (secondary N) is 1. The van der Waals surface area contributed by atoms with Gasteiger partial charge in [-0.25, -0.2) is 0 Å². The number of hydrogen-bond donors (Lipinski definition) is 1. The van der Waals surface area contributed by atoms with E-state index >= 15 is 0 Å². The van der Waals surface area contributed by atoms with Gasteiger partial charge in [0.05, 0.1) is 5.02 Å². The summed E-state index contributed by atoms with van der Waals surface area (Å²) in [5.41, 5.74) is 1.54. The Morgan fingerprint density at radius 2 is 2.05 bits per heavy atom. The summed E-state index contributed by atoms with van der Waals surface area (Å²) in [6.07, 6.45) is 8.06. The third kappa shape index (κ3) is 2.80. The highest BCUT2D eigenvalue weighted by atomic mass is 35.5. The molecule has 1 N–H and O–H groups in total. The van der Waals surface area contributed by atoms with E-state index in [-0.39, 0.29) is 0 Å². The van der Waals surface area contributed by atoms with E-state index in [9.17, 15) is 0 Å². The zero-order valence-corrected chi connectivity index (χ0v) is 13.9. The van der Waals surface area contributed by atoms with Crippen molar-refractivity contribution in [1.29, 1.82) is 0 Å². The van der Waals surface area contributed by atoms with E-state index in [4.69, 9.17) is 16.3 Å². The number of ether oxygens (including phenoxy) is 1. The molecule has 2 saturated carbocycles. The average molecular weight is 308 g/mol. The standard InChI is InChI=1S/C18H26ClNO/c1-3-20-16-12-17(18(16)9-5-4-6-10-18)21-15-11-13(2)7-8-14(15)19/h7-8,11,16-17,20H,3-6,9-10,12H2,1-2H3. The van der Waals surface area contributed by atoms with Crippen LogP contribution in [-0.2, 0) is 0 Å². The number of benzene rings is 1. The second-order valence-corrected chi connectivity index (χ2v) is 7.09. The van der Waals surface area contributed by atoms with Gasteiger partial charge in [0.25, 0.3) is 0 Å². The molecule has 2 aliphatic rings. The summed E-state index contributed by atoms with van der Waals surface area (Å²) in [5.74, 6) is 0.863. The Hall–Kier alpha value is -0.730. The van der Waals surface area contributed by atoms with E-state index in [1.165, 1.54) is 37.7 Å². The van der Waals surface area contributed by atoms with Gasteiger partial charge in [-0.05, 0) is 44.0 Å². The van der Waals surface area contributed by atoms with Gasteiger partial charge in [0.1, 0.15) is 11.9 Å². The second kappa shape index (κ2) is 6.18. The first-order chi connectivity index (χ1) is 10.2. The van der Waals surface area contributed by atoms with E-state index in [1.54, 1.807) is 0 Å². The van der Waals surface area contributed by atoms with Gasteiger partial charge in [0, 0.05) is 17.9 Å². The molecule has 0 radical (unpaired) electrons. The summed E-state index contributed by atoms with van der Waals surface area (Å²) in [6, 6.07) is 6.67. The molecule has 1 aromatic carbocycles. The summed E-state index contributed by atoms with van der Waals surface area (Å²) in [5, 5.41) is 4.41. The van der Waals surface area contributed by atoms with Crippen LogP contribution >= 0.6 is 11.6 Å². The monoisotopic (exact) mass is 307 g/mol. The second-order valence-electron chi connectivity index (χ2n) is 6.68. The molecule has 0 heterocycles.